The van der Waals surface area contributed by atoms with Crippen LogP contribution in [0.2, 0.25) is 0 Å². The molecule has 1 aromatic heterocycles. The molecule has 0 bridgehead atoms. The summed E-state index contributed by atoms with van der Waals surface area (Å²) in [5.41, 5.74) is 9.48. The van der Waals surface area contributed by atoms with Crippen LogP contribution >= 0.6 is 0 Å². The molecule has 3 N–H and O–H groups in total. The van der Waals surface area contributed by atoms with Gasteiger partial charge in [-0.05, 0) is 32.4 Å². The van der Waals surface area contributed by atoms with Crippen molar-refractivity contribution in [3.8, 4) is 0 Å². The van der Waals surface area contributed by atoms with Gasteiger partial charge >= 0.3 is 0 Å². The molecule has 0 fully saturated rings. The van der Waals surface area contributed by atoms with Gasteiger partial charge in [-0.2, -0.15) is 0 Å². The Labute approximate surface area is 129 Å². The zero-order chi connectivity index (χ0) is 12.6. The second-order valence-corrected chi connectivity index (χ2v) is 3.17. The zero-order valence-corrected chi connectivity index (χ0v) is 15.6. The Morgan fingerprint density at radius 2 is 2.06 bits per heavy atom. The van der Waals surface area contributed by atoms with Crippen molar-refractivity contribution in [3.05, 3.63) is 29.6 Å². The van der Waals surface area contributed by atoms with Gasteiger partial charge in [0.2, 0.25) is 0 Å². The van der Waals surface area contributed by atoms with Gasteiger partial charge in [-0.25, -0.2) is 0 Å². The van der Waals surface area contributed by atoms with E-state index in [0.29, 0.717) is 5.69 Å². The molecule has 0 saturated carbocycles. The van der Waals surface area contributed by atoms with Crippen LogP contribution in [0.4, 0.5) is 5.69 Å². The largest absolute Gasteiger partial charge is 0.397 e. The number of nitrogens with one attached hydrogen (secondary N) is 1. The Bertz CT molecular complexity index is 349. The van der Waals surface area contributed by atoms with Crippen LogP contribution in [0, 0.1) is 38.0 Å². The fraction of sp³-hybridized carbons (Fsp3) is 0.462. The Morgan fingerprint density at radius 1 is 1.47 bits per heavy atom. The van der Waals surface area contributed by atoms with Crippen molar-refractivity contribution in [1.29, 1.82) is 0 Å². The molecule has 4 heteroatoms. The maximum absolute atomic E-state index is 5.64. The molecular weight excluding hydrogens is 436 g/mol. The fourth-order valence-electron chi connectivity index (χ4n) is 1.39. The number of nitrogens with zero attached hydrogens (tertiary/aromatic N) is 1. The minimum Gasteiger partial charge on any atom is -0.397 e. The molecule has 0 aromatic carbocycles. The van der Waals surface area contributed by atoms with E-state index < -0.39 is 0 Å². The Balaban J connectivity index is 0. The van der Waals surface area contributed by atoms with Gasteiger partial charge in [0.1, 0.15) is 0 Å². The summed E-state index contributed by atoms with van der Waals surface area (Å²) < 4.78 is 0. The second-order valence-electron chi connectivity index (χ2n) is 3.17. The number of hydrogen-bond acceptors (Lipinski definition) is 3. The molecule has 1 heterocycles. The molecule has 0 aliphatic carbocycles. The van der Waals surface area contributed by atoms with E-state index in [1.54, 1.807) is 6.20 Å². The Kier molecular flexibility index (Phi) is 11.9. The summed E-state index contributed by atoms with van der Waals surface area (Å²) in [6.45, 7) is 11.0. The van der Waals surface area contributed by atoms with E-state index >= 15 is 0 Å². The third-order valence-corrected chi connectivity index (χ3v) is 2.01. The predicted octanol–water partition coefficient (Wildman–Crippen LogP) is 2.97. The molecule has 0 saturated heterocycles. The number of pyridine rings is 1. The van der Waals surface area contributed by atoms with Gasteiger partial charge in [0.05, 0.1) is 23.3 Å². The number of anilines is 1. The first-order valence-electron chi connectivity index (χ1n) is 5.81. The molecule has 1 aromatic rings. The molecule has 0 atom stereocenters. The third-order valence-electron chi connectivity index (χ3n) is 2.01. The number of allylic oxidation sites excluding steroid dienone is 1. The molecule has 3 nitrogen and oxygen atoms in total. The molecule has 0 amide bonds. The van der Waals surface area contributed by atoms with E-state index in [4.69, 9.17) is 5.73 Å². The molecule has 0 radical (unpaired) electrons. The summed E-state index contributed by atoms with van der Waals surface area (Å²) in [7, 11) is 0. The van der Waals surface area contributed by atoms with Crippen LogP contribution < -0.4 is 11.1 Å². The standard InChI is InChI=1S/C11H17N3.C2H6.U/c1-4-10(13-5-2)11-8(3)6-9(12)7-14-11;1-2;/h4,6-7,13H,5,12H2,1-3H3;1-2H3;/b10-4-;;. The maximum atomic E-state index is 5.64. The normalized spacial score (nSPS) is 9.82. The average Bonchev–Trinajstić information content (AvgIpc) is 2.29. The number of rotatable bonds is 3. The molecular formula is C13H23N3U. The van der Waals surface area contributed by atoms with Gasteiger partial charge in [-0.3, -0.25) is 4.98 Å². The SMILES string of the molecule is C/C=C(\NCC)c1ncc(N)cc1C.CC.[U]. The first-order valence-corrected chi connectivity index (χ1v) is 5.81. The second kappa shape index (κ2) is 10.7. The van der Waals surface area contributed by atoms with Crippen molar-refractivity contribution in [2.45, 2.75) is 34.6 Å². The van der Waals surface area contributed by atoms with Crippen LogP contribution in [0.5, 0.6) is 0 Å². The van der Waals surface area contributed by atoms with Gasteiger partial charge in [0.15, 0.2) is 0 Å². The topological polar surface area (TPSA) is 50.9 Å². The van der Waals surface area contributed by atoms with E-state index in [2.05, 4.69) is 17.2 Å². The summed E-state index contributed by atoms with van der Waals surface area (Å²) >= 11 is 0. The number of aryl methyl sites for hydroxylation is 1. The summed E-state index contributed by atoms with van der Waals surface area (Å²) in [4.78, 5) is 4.31. The number of nitrogen functional groups attached to an aromatic ring is 1. The van der Waals surface area contributed by atoms with Crippen molar-refractivity contribution in [2.75, 3.05) is 12.3 Å². The Morgan fingerprint density at radius 3 is 2.47 bits per heavy atom. The summed E-state index contributed by atoms with van der Waals surface area (Å²) in [6, 6.07) is 1.93. The van der Waals surface area contributed by atoms with E-state index in [-0.39, 0.29) is 31.1 Å². The molecule has 0 aliphatic heterocycles. The monoisotopic (exact) mass is 459 g/mol. The van der Waals surface area contributed by atoms with Gasteiger partial charge < -0.3 is 11.1 Å². The van der Waals surface area contributed by atoms with E-state index in [0.717, 1.165) is 23.5 Å². The van der Waals surface area contributed by atoms with Crippen LogP contribution in [-0.4, -0.2) is 11.5 Å². The fourth-order valence-corrected chi connectivity index (χ4v) is 1.39. The van der Waals surface area contributed by atoms with Crippen LogP contribution in [0.3, 0.4) is 0 Å². The number of nitrogens with two attached hydrogens (primary N) is 1. The third kappa shape index (κ3) is 6.14. The molecule has 0 aliphatic rings. The predicted molar refractivity (Wildman–Crippen MR) is 72.1 cm³/mol. The van der Waals surface area contributed by atoms with Crippen molar-refractivity contribution >= 4 is 11.4 Å². The average molecular weight is 459 g/mol. The van der Waals surface area contributed by atoms with Gasteiger partial charge in [-0.1, -0.05) is 19.9 Å². The van der Waals surface area contributed by atoms with Crippen LogP contribution in [0.1, 0.15) is 39.0 Å². The van der Waals surface area contributed by atoms with Crippen LogP contribution in [0.25, 0.3) is 5.70 Å². The molecule has 17 heavy (non-hydrogen) atoms. The summed E-state index contributed by atoms with van der Waals surface area (Å²) in [5.74, 6) is 0. The first-order chi connectivity index (χ1) is 7.69. The quantitative estimate of drug-likeness (QED) is 0.731. The Hall–Kier alpha value is -0.458. The van der Waals surface area contributed by atoms with Crippen LogP contribution in [-0.2, 0) is 0 Å². The minimum absolute atomic E-state index is 0. The van der Waals surface area contributed by atoms with Crippen molar-refractivity contribution in [2.24, 2.45) is 0 Å². The summed E-state index contributed by atoms with van der Waals surface area (Å²) in [6.07, 6.45) is 3.71. The van der Waals surface area contributed by atoms with E-state index in [1.807, 2.05) is 39.8 Å². The van der Waals surface area contributed by atoms with Gasteiger partial charge in [0, 0.05) is 37.7 Å². The molecule has 0 spiro atoms. The molecule has 94 valence electrons. The number of hydrogen-bond donors (Lipinski definition) is 2. The molecule has 1 rings (SSSR count). The number of aromatic nitrogens is 1. The van der Waals surface area contributed by atoms with Crippen molar-refractivity contribution in [1.82, 2.24) is 10.3 Å². The van der Waals surface area contributed by atoms with Crippen LogP contribution in [0.15, 0.2) is 18.3 Å². The van der Waals surface area contributed by atoms with Crippen molar-refractivity contribution < 1.29 is 31.1 Å². The minimum atomic E-state index is 0. The van der Waals surface area contributed by atoms with Gasteiger partial charge in [0.25, 0.3) is 0 Å². The van der Waals surface area contributed by atoms with E-state index in [1.165, 1.54) is 0 Å². The maximum Gasteiger partial charge on any atom is 0.0888 e. The zero-order valence-electron chi connectivity index (χ0n) is 11.5. The smallest absolute Gasteiger partial charge is 0.0888 e. The van der Waals surface area contributed by atoms with E-state index in [9.17, 15) is 0 Å². The van der Waals surface area contributed by atoms with Gasteiger partial charge in [-0.15, -0.1) is 0 Å². The summed E-state index contributed by atoms with van der Waals surface area (Å²) in [5, 5.41) is 3.27. The molecule has 0 unspecified atom stereocenters. The first kappa shape index (κ1) is 18.9. The van der Waals surface area contributed by atoms with Crippen molar-refractivity contribution in [3.63, 3.8) is 0 Å².